The number of nitrogen functional groups attached to an aromatic ring is 1. The van der Waals surface area contributed by atoms with Crippen molar-refractivity contribution in [3.05, 3.63) is 70.8 Å². The number of amides is 1. The van der Waals surface area contributed by atoms with Crippen LogP contribution in [0.15, 0.2) is 54.1 Å². The molecule has 2 aromatic rings. The van der Waals surface area contributed by atoms with Gasteiger partial charge in [0.05, 0.1) is 12.0 Å². The van der Waals surface area contributed by atoms with Gasteiger partial charge < -0.3 is 20.5 Å². The fourth-order valence-electron chi connectivity index (χ4n) is 2.93. The highest BCUT2D eigenvalue weighted by Gasteiger charge is 2.19. The summed E-state index contributed by atoms with van der Waals surface area (Å²) in [5, 5.41) is 16.3. The number of hydrogen-bond acceptors (Lipinski definition) is 5. The first-order valence-corrected chi connectivity index (χ1v) is 10.1. The van der Waals surface area contributed by atoms with Crippen LogP contribution in [0.1, 0.15) is 48.7 Å². The number of hydrogen-bond donors (Lipinski definition) is 3. The van der Waals surface area contributed by atoms with Gasteiger partial charge in [-0.25, -0.2) is 4.79 Å². The summed E-state index contributed by atoms with van der Waals surface area (Å²) in [4.78, 5) is 37.4. The van der Waals surface area contributed by atoms with Gasteiger partial charge in [0, 0.05) is 23.7 Å². The van der Waals surface area contributed by atoms with Crippen molar-refractivity contribution in [1.82, 2.24) is 4.90 Å². The van der Waals surface area contributed by atoms with E-state index in [2.05, 4.69) is 0 Å². The molecule has 0 fully saturated rings. The number of carboxylic acids is 1. The third kappa shape index (κ3) is 6.80. The van der Waals surface area contributed by atoms with Gasteiger partial charge >= 0.3 is 11.9 Å². The lowest BCUT2D eigenvalue weighted by molar-refractivity contribution is -0.138. The molecule has 1 amide bonds. The van der Waals surface area contributed by atoms with Crippen LogP contribution in [0.4, 0.5) is 0 Å². The van der Waals surface area contributed by atoms with Gasteiger partial charge in [0.15, 0.2) is 0 Å². The van der Waals surface area contributed by atoms with Crippen LogP contribution >= 0.6 is 0 Å². The van der Waals surface area contributed by atoms with Crippen LogP contribution in [-0.4, -0.2) is 46.3 Å². The Morgan fingerprint density at radius 1 is 1.06 bits per heavy atom. The van der Waals surface area contributed by atoms with Gasteiger partial charge in [-0.3, -0.25) is 15.0 Å². The number of aliphatic carboxylic acids is 1. The Kier molecular flexibility index (Phi) is 8.29. The summed E-state index contributed by atoms with van der Waals surface area (Å²) in [6.45, 7) is 5.47. The average molecular weight is 437 g/mol. The second-order valence-electron chi connectivity index (χ2n) is 7.51. The summed E-state index contributed by atoms with van der Waals surface area (Å²) in [5.74, 6) is -1.47. The number of ether oxygens (including phenoxy) is 1. The maximum Gasteiger partial charge on any atom is 0.343 e. The molecule has 2 rings (SSSR count). The largest absolute Gasteiger partial charge is 0.481 e. The van der Waals surface area contributed by atoms with E-state index in [0.29, 0.717) is 22.4 Å². The highest BCUT2D eigenvalue weighted by atomic mass is 16.5. The van der Waals surface area contributed by atoms with E-state index in [1.807, 2.05) is 13.8 Å². The molecule has 8 nitrogen and oxygen atoms in total. The lowest BCUT2D eigenvalue weighted by Gasteiger charge is -2.26. The lowest BCUT2D eigenvalue weighted by atomic mass is 10.1. The third-order valence-corrected chi connectivity index (χ3v) is 4.69. The molecule has 0 saturated heterocycles. The fourth-order valence-corrected chi connectivity index (χ4v) is 2.93. The zero-order valence-corrected chi connectivity index (χ0v) is 18.3. The van der Waals surface area contributed by atoms with Crippen molar-refractivity contribution < 1.29 is 24.2 Å². The number of carbonyl (C=O) groups is 3. The Hall–Kier alpha value is -3.94. The smallest absolute Gasteiger partial charge is 0.343 e. The van der Waals surface area contributed by atoms with Crippen LogP contribution in [0.2, 0.25) is 0 Å². The average Bonchev–Trinajstić information content (AvgIpc) is 2.74. The standard InChI is InChI=1S/C24H27N3O5/c1-15(2)27(13-12-21(28)29)23(30)16(3)14-17-4-6-19(7-5-17)24(31)32-20-10-8-18(9-11-20)22(25)26/h4-11,14-15H,12-13H2,1-3H3,(H3,25,26)(H,28,29). The Morgan fingerprint density at radius 2 is 1.62 bits per heavy atom. The topological polar surface area (TPSA) is 134 Å². The molecule has 0 unspecified atom stereocenters. The quantitative estimate of drug-likeness (QED) is 0.181. The normalized spacial score (nSPS) is 11.2. The predicted octanol–water partition coefficient (Wildman–Crippen LogP) is 3.30. The summed E-state index contributed by atoms with van der Waals surface area (Å²) < 4.78 is 5.32. The molecule has 0 atom stereocenters. The molecule has 0 spiro atoms. The predicted molar refractivity (Wildman–Crippen MR) is 122 cm³/mol. The monoisotopic (exact) mass is 437 g/mol. The maximum atomic E-state index is 12.7. The van der Waals surface area contributed by atoms with Gasteiger partial charge in [-0.15, -0.1) is 0 Å². The number of nitrogens with one attached hydrogen (secondary N) is 1. The van der Waals surface area contributed by atoms with Gasteiger partial charge in [-0.1, -0.05) is 12.1 Å². The highest BCUT2D eigenvalue weighted by molar-refractivity contribution is 5.98. The Balaban J connectivity index is 2.07. The molecule has 0 bridgehead atoms. The SMILES string of the molecule is CC(=Cc1ccc(C(=O)Oc2ccc(C(=N)N)cc2)cc1)C(=O)N(CCC(=O)O)C(C)C. The molecule has 0 aromatic heterocycles. The van der Waals surface area contributed by atoms with Crippen molar-refractivity contribution >= 4 is 29.8 Å². The maximum absolute atomic E-state index is 12.7. The van der Waals surface area contributed by atoms with Crippen molar-refractivity contribution in [1.29, 1.82) is 5.41 Å². The van der Waals surface area contributed by atoms with Crippen molar-refractivity contribution in [2.45, 2.75) is 33.2 Å². The Bertz CT molecular complexity index is 1020. The van der Waals surface area contributed by atoms with E-state index in [1.165, 1.54) is 4.90 Å². The van der Waals surface area contributed by atoms with Crippen LogP contribution < -0.4 is 10.5 Å². The highest BCUT2D eigenvalue weighted by Crippen LogP contribution is 2.16. The molecule has 0 aliphatic carbocycles. The van der Waals surface area contributed by atoms with E-state index in [1.54, 1.807) is 61.5 Å². The van der Waals surface area contributed by atoms with Crippen molar-refractivity contribution in [3.8, 4) is 5.75 Å². The number of rotatable bonds is 9. The van der Waals surface area contributed by atoms with Crippen LogP contribution in [-0.2, 0) is 9.59 Å². The zero-order chi connectivity index (χ0) is 23.8. The molecule has 2 aromatic carbocycles. The van der Waals surface area contributed by atoms with Gasteiger partial charge in [-0.05, 0) is 68.8 Å². The van der Waals surface area contributed by atoms with E-state index in [9.17, 15) is 14.4 Å². The first-order chi connectivity index (χ1) is 15.1. The number of nitrogens with zero attached hydrogens (tertiary/aromatic N) is 1. The van der Waals surface area contributed by atoms with E-state index in [4.69, 9.17) is 21.0 Å². The minimum atomic E-state index is -0.956. The summed E-state index contributed by atoms with van der Waals surface area (Å²) in [5.41, 5.74) is 7.46. The van der Waals surface area contributed by atoms with Crippen LogP contribution in [0, 0.1) is 5.41 Å². The molecule has 0 radical (unpaired) electrons. The molecule has 4 N–H and O–H groups in total. The Morgan fingerprint density at radius 3 is 2.12 bits per heavy atom. The number of carboxylic acid groups (broad SMARTS) is 1. The summed E-state index contributed by atoms with van der Waals surface area (Å²) in [7, 11) is 0. The van der Waals surface area contributed by atoms with Gasteiger partial charge in [0.1, 0.15) is 11.6 Å². The van der Waals surface area contributed by atoms with Gasteiger partial charge in [0.25, 0.3) is 0 Å². The zero-order valence-electron chi connectivity index (χ0n) is 18.3. The second-order valence-corrected chi connectivity index (χ2v) is 7.51. The van der Waals surface area contributed by atoms with Crippen LogP contribution in [0.3, 0.4) is 0 Å². The van der Waals surface area contributed by atoms with Gasteiger partial charge in [0.2, 0.25) is 5.91 Å². The first-order valence-electron chi connectivity index (χ1n) is 10.1. The molecular weight excluding hydrogens is 410 g/mol. The molecule has 0 aliphatic rings. The molecule has 0 aliphatic heterocycles. The lowest BCUT2D eigenvalue weighted by Crippen LogP contribution is -2.38. The number of carbonyl (C=O) groups excluding carboxylic acids is 2. The van der Waals surface area contributed by atoms with E-state index in [0.717, 1.165) is 5.56 Å². The number of amidine groups is 1. The molecular formula is C24H27N3O5. The van der Waals surface area contributed by atoms with Crippen molar-refractivity contribution in [2.75, 3.05) is 6.54 Å². The van der Waals surface area contributed by atoms with E-state index in [-0.39, 0.29) is 30.8 Å². The van der Waals surface area contributed by atoms with E-state index < -0.39 is 11.9 Å². The molecule has 32 heavy (non-hydrogen) atoms. The van der Waals surface area contributed by atoms with E-state index >= 15 is 0 Å². The van der Waals surface area contributed by atoms with Gasteiger partial charge in [-0.2, -0.15) is 0 Å². The Labute approximate surface area is 186 Å². The molecule has 8 heteroatoms. The second kappa shape index (κ2) is 10.9. The minimum Gasteiger partial charge on any atom is -0.481 e. The van der Waals surface area contributed by atoms with Crippen LogP contribution in [0.5, 0.6) is 5.75 Å². The first kappa shape index (κ1) is 24.3. The molecule has 168 valence electrons. The summed E-state index contributed by atoms with van der Waals surface area (Å²) in [6.07, 6.45) is 1.57. The molecule has 0 saturated carbocycles. The van der Waals surface area contributed by atoms with Crippen molar-refractivity contribution in [2.24, 2.45) is 5.73 Å². The third-order valence-electron chi connectivity index (χ3n) is 4.69. The van der Waals surface area contributed by atoms with Crippen LogP contribution in [0.25, 0.3) is 6.08 Å². The summed E-state index contributed by atoms with van der Waals surface area (Å²) in [6, 6.07) is 12.8. The summed E-state index contributed by atoms with van der Waals surface area (Å²) >= 11 is 0. The minimum absolute atomic E-state index is 0.0707. The number of benzene rings is 2. The van der Waals surface area contributed by atoms with Crippen molar-refractivity contribution in [3.63, 3.8) is 0 Å². The fraction of sp³-hybridized carbons (Fsp3) is 0.250. The number of esters is 1. The molecule has 0 heterocycles. The number of nitrogens with two attached hydrogens (primary N) is 1.